The first-order valence-corrected chi connectivity index (χ1v) is 9.60. The second-order valence-corrected chi connectivity index (χ2v) is 7.67. The highest BCUT2D eigenvalue weighted by atomic mass is 32.2. The molecule has 0 aliphatic heterocycles. The summed E-state index contributed by atoms with van der Waals surface area (Å²) in [6.45, 7) is 2.85. The van der Waals surface area contributed by atoms with E-state index in [2.05, 4.69) is 15.4 Å². The molecule has 0 unspecified atom stereocenters. The van der Waals surface area contributed by atoms with Crippen molar-refractivity contribution in [2.45, 2.75) is 25.8 Å². The smallest absolute Gasteiger partial charge is 0.315 e. The fourth-order valence-electron chi connectivity index (χ4n) is 2.27. The largest absolute Gasteiger partial charge is 0.334 e. The molecule has 7 heteroatoms. The second kappa shape index (κ2) is 8.64. The molecule has 0 aliphatic carbocycles. The maximum absolute atomic E-state index is 11.9. The molecule has 3 N–H and O–H groups in total. The molecule has 0 fully saturated rings. The third kappa shape index (κ3) is 6.21. The lowest BCUT2D eigenvalue weighted by atomic mass is 10.1. The van der Waals surface area contributed by atoms with Crippen molar-refractivity contribution in [3.05, 3.63) is 70.8 Å². The molecule has 2 rings (SSSR count). The zero-order chi connectivity index (χ0) is 18.3. The van der Waals surface area contributed by atoms with Crippen molar-refractivity contribution in [2.75, 3.05) is 7.05 Å². The van der Waals surface area contributed by atoms with Crippen LogP contribution in [0.5, 0.6) is 0 Å². The van der Waals surface area contributed by atoms with Gasteiger partial charge in [0.2, 0.25) is 10.0 Å². The number of aryl methyl sites for hydroxylation is 1. The van der Waals surface area contributed by atoms with Crippen LogP contribution in [0.2, 0.25) is 0 Å². The van der Waals surface area contributed by atoms with Crippen molar-refractivity contribution in [2.24, 2.45) is 0 Å². The van der Waals surface area contributed by atoms with Gasteiger partial charge >= 0.3 is 6.03 Å². The van der Waals surface area contributed by atoms with Crippen LogP contribution < -0.4 is 15.4 Å². The van der Waals surface area contributed by atoms with Gasteiger partial charge in [-0.05, 0) is 36.2 Å². The van der Waals surface area contributed by atoms with Gasteiger partial charge in [-0.1, -0.05) is 48.5 Å². The number of hydrogen-bond acceptors (Lipinski definition) is 3. The summed E-state index contributed by atoms with van der Waals surface area (Å²) >= 11 is 0. The number of hydrogen-bond donors (Lipinski definition) is 3. The number of urea groups is 1. The maximum Gasteiger partial charge on any atom is 0.315 e. The Morgan fingerprint density at radius 3 is 2.16 bits per heavy atom. The minimum absolute atomic E-state index is 0.0614. The lowest BCUT2D eigenvalue weighted by Crippen LogP contribution is -2.34. The van der Waals surface area contributed by atoms with Crippen LogP contribution in [0, 0.1) is 6.92 Å². The quantitative estimate of drug-likeness (QED) is 0.705. The summed E-state index contributed by atoms with van der Waals surface area (Å²) in [5, 5.41) is 5.61. The molecule has 2 amide bonds. The normalized spacial score (nSPS) is 11.1. The standard InChI is InChI=1S/C18H23N3O3S/c1-14-5-3-4-6-17(14)12-21-18(22)20-11-15-7-9-16(10-8-15)13-25(23,24)19-2/h3-10,19H,11-13H2,1-2H3,(H2,20,21,22). The number of nitrogens with one attached hydrogen (secondary N) is 3. The molecule has 0 radical (unpaired) electrons. The number of amides is 2. The second-order valence-electron chi connectivity index (χ2n) is 5.74. The number of rotatable bonds is 7. The van der Waals surface area contributed by atoms with Gasteiger partial charge < -0.3 is 10.6 Å². The van der Waals surface area contributed by atoms with E-state index in [0.29, 0.717) is 18.7 Å². The molecule has 0 aromatic heterocycles. The molecule has 134 valence electrons. The first-order chi connectivity index (χ1) is 11.9. The van der Waals surface area contributed by atoms with Crippen molar-refractivity contribution in [1.82, 2.24) is 15.4 Å². The van der Waals surface area contributed by atoms with Gasteiger partial charge in [-0.15, -0.1) is 0 Å². The minimum Gasteiger partial charge on any atom is -0.334 e. The van der Waals surface area contributed by atoms with Gasteiger partial charge in [0.05, 0.1) is 5.75 Å². The molecule has 6 nitrogen and oxygen atoms in total. The lowest BCUT2D eigenvalue weighted by molar-refractivity contribution is 0.240. The average Bonchev–Trinajstić information content (AvgIpc) is 2.60. The van der Waals surface area contributed by atoms with Gasteiger partial charge in [-0.2, -0.15) is 0 Å². The number of carbonyl (C=O) groups is 1. The molecular formula is C18H23N3O3S. The highest BCUT2D eigenvalue weighted by Crippen LogP contribution is 2.08. The van der Waals surface area contributed by atoms with E-state index in [0.717, 1.165) is 16.7 Å². The molecule has 0 heterocycles. The predicted molar refractivity (Wildman–Crippen MR) is 98.4 cm³/mol. The van der Waals surface area contributed by atoms with Crippen molar-refractivity contribution >= 4 is 16.1 Å². The average molecular weight is 361 g/mol. The Morgan fingerprint density at radius 1 is 0.920 bits per heavy atom. The number of benzene rings is 2. The van der Waals surface area contributed by atoms with Gasteiger partial charge in [0.15, 0.2) is 0 Å². The summed E-state index contributed by atoms with van der Waals surface area (Å²) in [4.78, 5) is 11.9. The molecule has 0 saturated heterocycles. The van der Waals surface area contributed by atoms with Crippen molar-refractivity contribution in [3.8, 4) is 0 Å². The topological polar surface area (TPSA) is 87.3 Å². The predicted octanol–water partition coefficient (Wildman–Crippen LogP) is 2.04. The molecule has 0 bridgehead atoms. The first kappa shape index (κ1) is 19.0. The maximum atomic E-state index is 11.9. The molecule has 0 atom stereocenters. The highest BCUT2D eigenvalue weighted by Gasteiger charge is 2.08. The number of sulfonamides is 1. The Hall–Kier alpha value is -2.38. The minimum atomic E-state index is -3.28. The van der Waals surface area contributed by atoms with Crippen LogP contribution in [0.3, 0.4) is 0 Å². The molecule has 2 aromatic carbocycles. The fraction of sp³-hybridized carbons (Fsp3) is 0.278. The summed E-state index contributed by atoms with van der Waals surface area (Å²) in [6, 6.07) is 14.8. The van der Waals surface area contributed by atoms with Crippen LogP contribution in [0.4, 0.5) is 4.79 Å². The molecule has 2 aromatic rings. The summed E-state index contributed by atoms with van der Waals surface area (Å²) in [5.41, 5.74) is 3.81. The third-order valence-electron chi connectivity index (χ3n) is 3.84. The van der Waals surface area contributed by atoms with E-state index in [1.54, 1.807) is 12.1 Å². The Labute approximate surface area is 148 Å². The summed E-state index contributed by atoms with van der Waals surface area (Å²) < 4.78 is 25.3. The summed E-state index contributed by atoms with van der Waals surface area (Å²) in [7, 11) is -1.89. The van der Waals surface area contributed by atoms with Gasteiger partial charge in [-0.3, -0.25) is 0 Å². The highest BCUT2D eigenvalue weighted by molar-refractivity contribution is 7.88. The monoisotopic (exact) mass is 361 g/mol. The van der Waals surface area contributed by atoms with Crippen molar-refractivity contribution in [1.29, 1.82) is 0 Å². The summed E-state index contributed by atoms with van der Waals surface area (Å²) in [5.74, 6) is -0.0614. The van der Waals surface area contributed by atoms with Crippen LogP contribution in [0.25, 0.3) is 0 Å². The Bertz CT molecular complexity index is 818. The molecule has 0 saturated carbocycles. The molecule has 25 heavy (non-hydrogen) atoms. The number of carbonyl (C=O) groups excluding carboxylic acids is 1. The van der Waals surface area contributed by atoms with Crippen LogP contribution in [0.1, 0.15) is 22.3 Å². The van der Waals surface area contributed by atoms with E-state index in [1.807, 2.05) is 43.3 Å². The third-order valence-corrected chi connectivity index (χ3v) is 5.18. The Balaban J connectivity index is 1.81. The van der Waals surface area contributed by atoms with Crippen molar-refractivity contribution in [3.63, 3.8) is 0 Å². The van der Waals surface area contributed by atoms with E-state index < -0.39 is 10.0 Å². The van der Waals surface area contributed by atoms with E-state index in [4.69, 9.17) is 0 Å². The molecule has 0 aliphatic rings. The molecule has 0 spiro atoms. The van der Waals surface area contributed by atoms with Crippen LogP contribution >= 0.6 is 0 Å². The van der Waals surface area contributed by atoms with E-state index in [1.165, 1.54) is 7.05 Å². The summed E-state index contributed by atoms with van der Waals surface area (Å²) in [6.07, 6.45) is 0. The van der Waals surface area contributed by atoms with Crippen LogP contribution in [0.15, 0.2) is 48.5 Å². The van der Waals surface area contributed by atoms with Crippen LogP contribution in [-0.4, -0.2) is 21.5 Å². The Kier molecular flexibility index (Phi) is 6.55. The van der Waals surface area contributed by atoms with Crippen molar-refractivity contribution < 1.29 is 13.2 Å². The lowest BCUT2D eigenvalue weighted by Gasteiger charge is -2.10. The van der Waals surface area contributed by atoms with Gasteiger partial charge in [-0.25, -0.2) is 17.9 Å². The molecular weight excluding hydrogens is 338 g/mol. The fourth-order valence-corrected chi connectivity index (χ4v) is 3.05. The van der Waals surface area contributed by atoms with E-state index in [9.17, 15) is 13.2 Å². The zero-order valence-corrected chi connectivity index (χ0v) is 15.2. The first-order valence-electron chi connectivity index (χ1n) is 7.95. The Morgan fingerprint density at radius 2 is 1.52 bits per heavy atom. The SMILES string of the molecule is CNS(=O)(=O)Cc1ccc(CNC(=O)NCc2ccccc2C)cc1. The van der Waals surface area contributed by atoms with E-state index in [-0.39, 0.29) is 11.8 Å². The van der Waals surface area contributed by atoms with Gasteiger partial charge in [0.1, 0.15) is 0 Å². The van der Waals surface area contributed by atoms with Gasteiger partial charge in [0, 0.05) is 13.1 Å². The van der Waals surface area contributed by atoms with E-state index >= 15 is 0 Å². The van der Waals surface area contributed by atoms with Gasteiger partial charge in [0.25, 0.3) is 0 Å². The van der Waals surface area contributed by atoms with Crippen LogP contribution in [-0.2, 0) is 28.9 Å². The zero-order valence-electron chi connectivity index (χ0n) is 14.4.